The Balaban J connectivity index is 2.93. The standard InChI is InChI=1S/C7H8Br2O3/c1-3-6(2,7(3,8)9)4(10)5(11)12/h3H,1-2H3,(H,11,12). The van der Waals surface area contributed by atoms with Gasteiger partial charge in [-0.05, 0) is 12.8 Å². The minimum Gasteiger partial charge on any atom is -0.475 e. The van der Waals surface area contributed by atoms with Crippen LogP contribution < -0.4 is 0 Å². The number of carbonyl (C=O) groups excluding carboxylic acids is 1. The Morgan fingerprint density at radius 3 is 1.83 bits per heavy atom. The third-order valence-electron chi connectivity index (χ3n) is 2.68. The molecule has 0 bridgehead atoms. The highest BCUT2D eigenvalue weighted by Gasteiger charge is 2.74. The van der Waals surface area contributed by atoms with Crippen LogP contribution in [0.25, 0.3) is 0 Å². The summed E-state index contributed by atoms with van der Waals surface area (Å²) in [6, 6.07) is 0. The van der Waals surface area contributed by atoms with Gasteiger partial charge in [0.1, 0.15) is 0 Å². The van der Waals surface area contributed by atoms with E-state index in [2.05, 4.69) is 31.9 Å². The number of hydrogen-bond donors (Lipinski definition) is 1. The fourth-order valence-electron chi connectivity index (χ4n) is 1.31. The first-order valence-corrected chi connectivity index (χ1v) is 5.00. The van der Waals surface area contributed by atoms with Crippen molar-refractivity contribution in [3.05, 3.63) is 0 Å². The van der Waals surface area contributed by atoms with Crippen LogP contribution in [0.15, 0.2) is 0 Å². The normalized spacial score (nSPS) is 37.5. The molecule has 1 aliphatic carbocycles. The van der Waals surface area contributed by atoms with Crippen LogP contribution >= 0.6 is 31.9 Å². The SMILES string of the molecule is CC1C(Br)(Br)C1(C)C(=O)C(=O)O. The van der Waals surface area contributed by atoms with Gasteiger partial charge in [0.2, 0.25) is 5.78 Å². The predicted molar refractivity (Wildman–Crippen MR) is 50.5 cm³/mol. The maximum atomic E-state index is 11.2. The van der Waals surface area contributed by atoms with Gasteiger partial charge < -0.3 is 5.11 Å². The van der Waals surface area contributed by atoms with Crippen molar-refractivity contribution in [1.82, 2.24) is 0 Å². The fourth-order valence-corrected chi connectivity index (χ4v) is 3.04. The number of halogens is 2. The maximum Gasteiger partial charge on any atom is 0.372 e. The van der Waals surface area contributed by atoms with Crippen LogP contribution in [0.1, 0.15) is 13.8 Å². The van der Waals surface area contributed by atoms with Crippen LogP contribution in [-0.4, -0.2) is 20.1 Å². The first-order valence-electron chi connectivity index (χ1n) is 3.41. The summed E-state index contributed by atoms with van der Waals surface area (Å²) in [6.45, 7) is 3.46. The van der Waals surface area contributed by atoms with Crippen molar-refractivity contribution in [3.63, 3.8) is 0 Å². The Kier molecular flexibility index (Phi) is 2.16. The molecule has 1 aliphatic rings. The van der Waals surface area contributed by atoms with Gasteiger partial charge in [0.25, 0.3) is 0 Å². The van der Waals surface area contributed by atoms with E-state index in [0.29, 0.717) is 0 Å². The molecule has 0 heterocycles. The third-order valence-corrected chi connectivity index (χ3v) is 5.71. The van der Waals surface area contributed by atoms with Crippen LogP contribution in [0.2, 0.25) is 0 Å². The van der Waals surface area contributed by atoms with Gasteiger partial charge in [-0.25, -0.2) is 4.79 Å². The van der Waals surface area contributed by atoms with Crippen LogP contribution in [0.3, 0.4) is 0 Å². The zero-order chi connectivity index (χ0) is 9.73. The minimum atomic E-state index is -1.37. The van der Waals surface area contributed by atoms with E-state index in [4.69, 9.17) is 5.11 Å². The molecule has 0 aliphatic heterocycles. The highest BCUT2D eigenvalue weighted by molar-refractivity contribution is 9.25. The van der Waals surface area contributed by atoms with Gasteiger partial charge >= 0.3 is 5.97 Å². The molecular formula is C7H8Br2O3. The van der Waals surface area contributed by atoms with Crippen LogP contribution in [0, 0.1) is 11.3 Å². The summed E-state index contributed by atoms with van der Waals surface area (Å²) in [5, 5.41) is 8.52. The number of carbonyl (C=O) groups is 2. The topological polar surface area (TPSA) is 54.4 Å². The quantitative estimate of drug-likeness (QED) is 0.625. The third kappa shape index (κ3) is 0.988. The number of hydrogen-bond acceptors (Lipinski definition) is 2. The molecule has 0 aromatic rings. The van der Waals surface area contributed by atoms with E-state index in [1.165, 1.54) is 0 Å². The molecule has 2 atom stereocenters. The zero-order valence-corrected chi connectivity index (χ0v) is 9.77. The van der Waals surface area contributed by atoms with Crippen molar-refractivity contribution < 1.29 is 14.7 Å². The number of ketones is 1. The summed E-state index contributed by atoms with van der Waals surface area (Å²) < 4.78 is -0.539. The summed E-state index contributed by atoms with van der Waals surface area (Å²) in [5.74, 6) is -2.12. The lowest BCUT2D eigenvalue weighted by Crippen LogP contribution is -2.26. The monoisotopic (exact) mass is 298 g/mol. The Hall–Kier alpha value is 0.1000. The van der Waals surface area contributed by atoms with Crippen molar-refractivity contribution in [2.45, 2.75) is 17.1 Å². The second-order valence-electron chi connectivity index (χ2n) is 3.18. The van der Waals surface area contributed by atoms with Gasteiger partial charge in [0, 0.05) is 0 Å². The van der Waals surface area contributed by atoms with Gasteiger partial charge in [-0.3, -0.25) is 4.79 Å². The van der Waals surface area contributed by atoms with Gasteiger partial charge in [0.05, 0.1) is 8.65 Å². The van der Waals surface area contributed by atoms with Gasteiger partial charge in [-0.2, -0.15) is 0 Å². The van der Waals surface area contributed by atoms with Crippen molar-refractivity contribution in [3.8, 4) is 0 Å². The summed E-state index contributed by atoms with van der Waals surface area (Å²) >= 11 is 6.55. The zero-order valence-electron chi connectivity index (χ0n) is 6.60. The molecule has 0 spiro atoms. The van der Waals surface area contributed by atoms with E-state index in [1.807, 2.05) is 6.92 Å². The van der Waals surface area contributed by atoms with Crippen LogP contribution in [-0.2, 0) is 9.59 Å². The molecule has 0 aromatic heterocycles. The lowest BCUT2D eigenvalue weighted by Gasteiger charge is -2.06. The maximum absolute atomic E-state index is 11.2. The van der Waals surface area contributed by atoms with E-state index >= 15 is 0 Å². The largest absolute Gasteiger partial charge is 0.475 e. The summed E-state index contributed by atoms with van der Waals surface area (Å²) in [6.07, 6.45) is 0. The predicted octanol–water partition coefficient (Wildman–Crippen LogP) is 1.78. The van der Waals surface area contributed by atoms with Crippen LogP contribution in [0.4, 0.5) is 0 Å². The summed E-state index contributed by atoms with van der Waals surface area (Å²) in [7, 11) is 0. The second-order valence-corrected chi connectivity index (χ2v) is 6.75. The second kappa shape index (κ2) is 2.54. The first kappa shape index (κ1) is 10.2. The van der Waals surface area contributed by atoms with Crippen LogP contribution in [0.5, 0.6) is 0 Å². The number of rotatable bonds is 2. The van der Waals surface area contributed by atoms with Crippen molar-refractivity contribution in [2.75, 3.05) is 0 Å². The highest BCUT2D eigenvalue weighted by atomic mass is 79.9. The lowest BCUT2D eigenvalue weighted by atomic mass is 10.0. The molecular weight excluding hydrogens is 292 g/mol. The van der Waals surface area contributed by atoms with E-state index in [0.717, 1.165) is 0 Å². The van der Waals surface area contributed by atoms with E-state index < -0.39 is 20.4 Å². The lowest BCUT2D eigenvalue weighted by molar-refractivity contribution is -0.151. The summed E-state index contributed by atoms with van der Waals surface area (Å²) in [4.78, 5) is 21.6. The molecule has 12 heavy (non-hydrogen) atoms. The van der Waals surface area contributed by atoms with E-state index in [9.17, 15) is 9.59 Å². The summed E-state index contributed by atoms with van der Waals surface area (Å²) in [5.41, 5.74) is -0.821. The minimum absolute atomic E-state index is 0.00593. The highest BCUT2D eigenvalue weighted by Crippen LogP contribution is 2.71. The molecule has 0 saturated heterocycles. The molecule has 0 amide bonds. The molecule has 2 unspecified atom stereocenters. The molecule has 0 radical (unpaired) electrons. The molecule has 5 heteroatoms. The average molecular weight is 300 g/mol. The average Bonchev–Trinajstić information content (AvgIpc) is 2.34. The Morgan fingerprint density at radius 2 is 1.75 bits per heavy atom. The molecule has 1 saturated carbocycles. The van der Waals surface area contributed by atoms with Gasteiger partial charge in [-0.1, -0.05) is 38.8 Å². The molecule has 68 valence electrons. The molecule has 1 rings (SSSR count). The molecule has 1 N–H and O–H groups in total. The van der Waals surface area contributed by atoms with Gasteiger partial charge in [-0.15, -0.1) is 0 Å². The van der Waals surface area contributed by atoms with Gasteiger partial charge in [0.15, 0.2) is 0 Å². The number of aliphatic carboxylic acids is 1. The number of carboxylic acids is 1. The number of alkyl halides is 2. The van der Waals surface area contributed by atoms with Crippen molar-refractivity contribution >= 4 is 43.6 Å². The Morgan fingerprint density at radius 1 is 1.42 bits per heavy atom. The molecule has 0 aromatic carbocycles. The Bertz CT molecular complexity index is 261. The molecule has 3 nitrogen and oxygen atoms in total. The molecule has 1 fully saturated rings. The van der Waals surface area contributed by atoms with Crippen molar-refractivity contribution in [1.29, 1.82) is 0 Å². The smallest absolute Gasteiger partial charge is 0.372 e. The number of Topliss-reactive ketones (excluding diaryl/α,β-unsaturated/α-hetero) is 1. The van der Waals surface area contributed by atoms with E-state index in [-0.39, 0.29) is 5.92 Å². The van der Waals surface area contributed by atoms with E-state index in [1.54, 1.807) is 6.92 Å². The number of carboxylic acid groups (broad SMARTS) is 1. The first-order chi connectivity index (χ1) is 5.26. The Labute approximate surface area is 86.8 Å². The van der Waals surface area contributed by atoms with Crippen molar-refractivity contribution in [2.24, 2.45) is 11.3 Å². The fraction of sp³-hybridized carbons (Fsp3) is 0.714.